The van der Waals surface area contributed by atoms with E-state index < -0.39 is 12.1 Å². The Labute approximate surface area is 155 Å². The number of likely N-dealkylation sites (N-methyl/N-ethyl adjacent to an activating group) is 1. The number of amidine groups is 1. The van der Waals surface area contributed by atoms with Crippen LogP contribution in [0.1, 0.15) is 12.5 Å². The smallest absolute Gasteiger partial charge is 0.270 e. The van der Waals surface area contributed by atoms with Crippen LogP contribution >= 0.6 is 11.6 Å². The number of imide groups is 1. The number of hydrazone groups is 1. The number of nitrogens with zero attached hydrogens (tertiary/aromatic N) is 6. The Kier molecular flexibility index (Phi) is 3.80. The van der Waals surface area contributed by atoms with E-state index in [0.29, 0.717) is 23.4 Å². The second-order valence-electron chi connectivity index (χ2n) is 6.56. The molecule has 134 valence electrons. The van der Waals surface area contributed by atoms with Crippen molar-refractivity contribution >= 4 is 41.0 Å². The van der Waals surface area contributed by atoms with Crippen LogP contribution in [0.3, 0.4) is 0 Å². The average Bonchev–Trinajstić information content (AvgIpc) is 2.97. The van der Waals surface area contributed by atoms with Crippen molar-refractivity contribution in [2.45, 2.75) is 19.5 Å². The third kappa shape index (κ3) is 2.48. The highest BCUT2D eigenvalue weighted by molar-refractivity contribution is 6.30. The number of aliphatic imine (C=N–C) groups is 1. The molecule has 3 amide bonds. The van der Waals surface area contributed by atoms with Gasteiger partial charge in [0.1, 0.15) is 6.54 Å². The first-order valence-corrected chi connectivity index (χ1v) is 8.58. The largest absolute Gasteiger partial charge is 0.416 e. The van der Waals surface area contributed by atoms with Gasteiger partial charge in [-0.25, -0.2) is 9.37 Å². The highest BCUT2D eigenvalue weighted by Gasteiger charge is 2.54. The summed E-state index contributed by atoms with van der Waals surface area (Å²) in [7, 11) is 3.42. The van der Waals surface area contributed by atoms with Crippen molar-refractivity contribution in [2.75, 3.05) is 20.6 Å². The van der Waals surface area contributed by atoms with E-state index in [1.165, 1.54) is 9.80 Å². The number of guanidine groups is 1. The Balaban J connectivity index is 1.69. The number of halogens is 1. The molecule has 1 unspecified atom stereocenters. The molecule has 1 saturated heterocycles. The molecule has 1 aromatic rings. The van der Waals surface area contributed by atoms with Gasteiger partial charge >= 0.3 is 12.0 Å². The van der Waals surface area contributed by atoms with E-state index in [4.69, 9.17) is 11.6 Å². The molecule has 3 heterocycles. The van der Waals surface area contributed by atoms with Crippen LogP contribution in [0, 0.1) is 0 Å². The Bertz CT molecular complexity index is 922. The monoisotopic (exact) mass is 373 g/mol. The van der Waals surface area contributed by atoms with Gasteiger partial charge in [-0.3, -0.25) is 14.6 Å². The molecule has 0 radical (unpaired) electrons. The Morgan fingerprint density at radius 2 is 2.08 bits per heavy atom. The van der Waals surface area contributed by atoms with Crippen molar-refractivity contribution in [1.82, 2.24) is 14.8 Å². The Morgan fingerprint density at radius 1 is 1.31 bits per heavy atom. The highest BCUT2D eigenvalue weighted by atomic mass is 35.5. The van der Waals surface area contributed by atoms with E-state index >= 15 is 0 Å². The summed E-state index contributed by atoms with van der Waals surface area (Å²) in [5.41, 5.74) is 1.67. The van der Waals surface area contributed by atoms with Crippen LogP contribution in [0.4, 0.5) is 4.79 Å². The van der Waals surface area contributed by atoms with E-state index in [1.807, 2.05) is 17.6 Å². The molecular formula is C17H18ClN6O2+. The number of carbonyl (C=O) groups excluding carboxylic acids is 2. The first kappa shape index (κ1) is 16.7. The first-order chi connectivity index (χ1) is 12.4. The van der Waals surface area contributed by atoms with Crippen LogP contribution in [0.15, 0.2) is 34.4 Å². The minimum absolute atomic E-state index is 0.165. The number of benzene rings is 1. The van der Waals surface area contributed by atoms with Crippen molar-refractivity contribution in [1.29, 1.82) is 0 Å². The van der Waals surface area contributed by atoms with E-state index in [0.717, 1.165) is 11.3 Å². The maximum atomic E-state index is 13.2. The molecule has 26 heavy (non-hydrogen) atoms. The molecule has 4 rings (SSSR count). The zero-order valence-electron chi connectivity index (χ0n) is 14.7. The number of hydrogen-bond acceptors (Lipinski definition) is 5. The van der Waals surface area contributed by atoms with Crippen molar-refractivity contribution in [2.24, 2.45) is 10.1 Å². The van der Waals surface area contributed by atoms with Crippen molar-refractivity contribution in [3.05, 3.63) is 34.9 Å². The summed E-state index contributed by atoms with van der Waals surface area (Å²) in [5, 5.41) is 6.57. The number of urea groups is 1. The topological polar surface area (TPSA) is 71.6 Å². The molecule has 3 aliphatic heterocycles. The van der Waals surface area contributed by atoms with Gasteiger partial charge in [0, 0.05) is 12.1 Å². The zero-order chi connectivity index (χ0) is 18.6. The normalized spacial score (nSPS) is 22.5. The fraction of sp³-hybridized carbons (Fsp3) is 0.353. The third-order valence-corrected chi connectivity index (χ3v) is 4.86. The molecule has 0 aromatic heterocycles. The summed E-state index contributed by atoms with van der Waals surface area (Å²) in [5.74, 6) is 0.729. The lowest BCUT2D eigenvalue weighted by molar-refractivity contribution is -0.527. The van der Waals surface area contributed by atoms with Crippen LogP contribution in [-0.4, -0.2) is 75.5 Å². The van der Waals surface area contributed by atoms with Crippen LogP contribution < -0.4 is 0 Å². The van der Waals surface area contributed by atoms with Crippen LogP contribution in [0.5, 0.6) is 0 Å². The molecule has 1 fully saturated rings. The molecule has 3 aliphatic rings. The minimum Gasteiger partial charge on any atom is -0.270 e. The van der Waals surface area contributed by atoms with E-state index in [9.17, 15) is 9.59 Å². The lowest BCUT2D eigenvalue weighted by atomic mass is 10.1. The van der Waals surface area contributed by atoms with Gasteiger partial charge < -0.3 is 0 Å². The predicted octanol–water partition coefficient (Wildman–Crippen LogP) is 1.20. The molecule has 0 spiro atoms. The van der Waals surface area contributed by atoms with Gasteiger partial charge in [-0.1, -0.05) is 28.7 Å². The third-order valence-electron chi connectivity index (χ3n) is 4.63. The molecule has 0 aliphatic carbocycles. The lowest BCUT2D eigenvalue weighted by Crippen LogP contribution is -2.63. The van der Waals surface area contributed by atoms with Gasteiger partial charge in [-0.2, -0.15) is 0 Å². The number of fused-ring (bicyclic) bond motifs is 2. The number of rotatable bonds is 2. The summed E-state index contributed by atoms with van der Waals surface area (Å²) in [6.45, 7) is 2.56. The fourth-order valence-electron chi connectivity index (χ4n) is 3.47. The van der Waals surface area contributed by atoms with Gasteiger partial charge in [0.25, 0.3) is 5.91 Å². The molecule has 0 bridgehead atoms. The van der Waals surface area contributed by atoms with E-state index in [2.05, 4.69) is 10.1 Å². The van der Waals surface area contributed by atoms with Crippen molar-refractivity contribution in [3.8, 4) is 0 Å². The van der Waals surface area contributed by atoms with Gasteiger partial charge in [-0.15, -0.1) is 10.1 Å². The van der Waals surface area contributed by atoms with E-state index in [-0.39, 0.29) is 12.5 Å². The summed E-state index contributed by atoms with van der Waals surface area (Å²) < 4.78 is 1.88. The van der Waals surface area contributed by atoms with E-state index in [1.54, 1.807) is 37.3 Å². The first-order valence-electron chi connectivity index (χ1n) is 8.20. The second-order valence-corrected chi connectivity index (χ2v) is 6.99. The van der Waals surface area contributed by atoms with Crippen LogP contribution in [-0.2, 0) is 11.3 Å². The second kappa shape index (κ2) is 5.91. The molecule has 0 saturated carbocycles. The number of carbonyl (C=O) groups is 2. The SMILES string of the molecule is CC1=NN(C)C2=[N+](C1)C1C(=O)N(Cc3cccc(Cl)c3)C(=O)N(C)C1=N2. The minimum atomic E-state index is -0.625. The average molecular weight is 374 g/mol. The maximum absolute atomic E-state index is 13.2. The van der Waals surface area contributed by atoms with Crippen molar-refractivity contribution in [3.63, 3.8) is 0 Å². The molecular weight excluding hydrogens is 356 g/mol. The number of hydrogen-bond donors (Lipinski definition) is 0. The number of amides is 3. The van der Waals surface area contributed by atoms with Gasteiger partial charge in [-0.05, 0) is 24.6 Å². The molecule has 1 atom stereocenters. The van der Waals surface area contributed by atoms with Crippen molar-refractivity contribution < 1.29 is 14.2 Å². The van der Waals surface area contributed by atoms with Gasteiger partial charge in [0.2, 0.25) is 11.9 Å². The molecule has 8 nitrogen and oxygen atoms in total. The highest BCUT2D eigenvalue weighted by Crippen LogP contribution is 2.24. The maximum Gasteiger partial charge on any atom is 0.416 e. The summed E-state index contributed by atoms with van der Waals surface area (Å²) in [4.78, 5) is 33.1. The fourth-order valence-corrected chi connectivity index (χ4v) is 3.68. The Morgan fingerprint density at radius 3 is 2.81 bits per heavy atom. The van der Waals surface area contributed by atoms with Crippen LogP contribution in [0.25, 0.3) is 0 Å². The molecule has 9 heteroatoms. The zero-order valence-corrected chi connectivity index (χ0v) is 15.4. The Hall–Kier alpha value is -2.74. The van der Waals surface area contributed by atoms with Gasteiger partial charge in [0.05, 0.1) is 19.3 Å². The molecule has 1 aromatic carbocycles. The summed E-state index contributed by atoms with van der Waals surface area (Å²) in [6, 6.07) is 6.13. The molecule has 0 N–H and O–H groups in total. The summed E-state index contributed by atoms with van der Waals surface area (Å²) in [6.07, 6.45) is 0. The van der Waals surface area contributed by atoms with Gasteiger partial charge in [0.15, 0.2) is 0 Å². The summed E-state index contributed by atoms with van der Waals surface area (Å²) >= 11 is 6.03. The standard InChI is InChI=1S/C17H18ClN6O2/c1-10-8-23-13-14(19-16(23)22(3)20-10)21(2)17(26)24(15(13)25)9-11-5-4-6-12(18)7-11/h4-7,13H,8-9H2,1-3H3/q+1. The predicted molar refractivity (Wildman–Crippen MR) is 97.4 cm³/mol. The van der Waals surface area contributed by atoms with Crippen LogP contribution in [0.2, 0.25) is 5.02 Å². The quantitative estimate of drug-likeness (QED) is 0.731. The lowest BCUT2D eigenvalue weighted by Gasteiger charge is -2.34.